The SMILES string of the molecule is O=C(COc1cccnc1)NCC#CCOc1cccc2ccccc12. The molecule has 0 saturated carbocycles. The minimum atomic E-state index is -0.238. The lowest BCUT2D eigenvalue weighted by molar-refractivity contribution is -0.122. The maximum absolute atomic E-state index is 11.7. The monoisotopic (exact) mass is 346 g/mol. The molecule has 2 aromatic carbocycles. The highest BCUT2D eigenvalue weighted by Crippen LogP contribution is 2.24. The Bertz CT molecular complexity index is 925. The average molecular weight is 346 g/mol. The van der Waals surface area contributed by atoms with E-state index < -0.39 is 0 Å². The highest BCUT2D eigenvalue weighted by atomic mass is 16.5. The summed E-state index contributed by atoms with van der Waals surface area (Å²) in [5, 5.41) is 4.85. The van der Waals surface area contributed by atoms with Crippen LogP contribution in [0.15, 0.2) is 67.0 Å². The molecule has 3 rings (SSSR count). The predicted octanol–water partition coefficient (Wildman–Crippen LogP) is 2.81. The Hall–Kier alpha value is -3.52. The zero-order valence-electron chi connectivity index (χ0n) is 14.1. The molecule has 0 unspecified atom stereocenters. The molecule has 0 saturated heterocycles. The van der Waals surface area contributed by atoms with Crippen molar-refractivity contribution in [1.82, 2.24) is 10.3 Å². The van der Waals surface area contributed by atoms with E-state index in [2.05, 4.69) is 22.1 Å². The van der Waals surface area contributed by atoms with E-state index in [-0.39, 0.29) is 25.7 Å². The number of aromatic nitrogens is 1. The van der Waals surface area contributed by atoms with Gasteiger partial charge in [0.25, 0.3) is 5.91 Å². The normalized spacial score (nSPS) is 9.85. The summed E-state index contributed by atoms with van der Waals surface area (Å²) in [6.07, 6.45) is 3.19. The smallest absolute Gasteiger partial charge is 0.258 e. The Morgan fingerprint density at radius 3 is 2.77 bits per heavy atom. The maximum Gasteiger partial charge on any atom is 0.258 e. The number of rotatable bonds is 6. The van der Waals surface area contributed by atoms with Gasteiger partial charge in [0.15, 0.2) is 6.61 Å². The van der Waals surface area contributed by atoms with Crippen LogP contribution < -0.4 is 14.8 Å². The molecule has 0 atom stereocenters. The lowest BCUT2D eigenvalue weighted by Crippen LogP contribution is -2.29. The third-order valence-corrected chi connectivity index (χ3v) is 3.55. The van der Waals surface area contributed by atoms with Gasteiger partial charge >= 0.3 is 0 Å². The number of ether oxygens (including phenoxy) is 2. The van der Waals surface area contributed by atoms with Crippen LogP contribution in [-0.4, -0.2) is 30.6 Å². The van der Waals surface area contributed by atoms with Crippen molar-refractivity contribution >= 4 is 16.7 Å². The van der Waals surface area contributed by atoms with Crippen molar-refractivity contribution in [3.63, 3.8) is 0 Å². The fraction of sp³-hybridized carbons (Fsp3) is 0.143. The molecule has 0 spiro atoms. The van der Waals surface area contributed by atoms with Crippen molar-refractivity contribution in [3.05, 3.63) is 67.0 Å². The molecule has 3 aromatic rings. The van der Waals surface area contributed by atoms with Crippen molar-refractivity contribution < 1.29 is 14.3 Å². The number of pyridine rings is 1. The number of fused-ring (bicyclic) bond motifs is 1. The molecule has 1 heterocycles. The van der Waals surface area contributed by atoms with Crippen LogP contribution in [0.1, 0.15) is 0 Å². The Morgan fingerprint density at radius 1 is 1.00 bits per heavy atom. The van der Waals surface area contributed by atoms with Crippen molar-refractivity contribution in [1.29, 1.82) is 0 Å². The van der Waals surface area contributed by atoms with Gasteiger partial charge in [-0.25, -0.2) is 0 Å². The molecular weight excluding hydrogens is 328 g/mol. The summed E-state index contributed by atoms with van der Waals surface area (Å²) >= 11 is 0. The predicted molar refractivity (Wildman–Crippen MR) is 100.0 cm³/mol. The first-order chi connectivity index (χ1) is 12.8. The molecule has 5 nitrogen and oxygen atoms in total. The zero-order valence-corrected chi connectivity index (χ0v) is 14.1. The molecule has 0 aliphatic heterocycles. The lowest BCUT2D eigenvalue weighted by Gasteiger charge is -2.06. The van der Waals surface area contributed by atoms with Crippen LogP contribution >= 0.6 is 0 Å². The van der Waals surface area contributed by atoms with E-state index in [0.717, 1.165) is 16.5 Å². The van der Waals surface area contributed by atoms with Crippen LogP contribution in [0.2, 0.25) is 0 Å². The van der Waals surface area contributed by atoms with Gasteiger partial charge in [0.05, 0.1) is 12.7 Å². The first-order valence-electron chi connectivity index (χ1n) is 8.19. The van der Waals surface area contributed by atoms with Crippen molar-refractivity contribution in [2.75, 3.05) is 19.8 Å². The molecule has 0 radical (unpaired) electrons. The van der Waals surface area contributed by atoms with Gasteiger partial charge in [-0.3, -0.25) is 9.78 Å². The zero-order chi connectivity index (χ0) is 18.0. The Morgan fingerprint density at radius 2 is 1.88 bits per heavy atom. The van der Waals surface area contributed by atoms with Crippen molar-refractivity contribution in [2.45, 2.75) is 0 Å². The van der Waals surface area contributed by atoms with Crippen LogP contribution in [-0.2, 0) is 4.79 Å². The van der Waals surface area contributed by atoms with Gasteiger partial charge in [-0.05, 0) is 23.6 Å². The lowest BCUT2D eigenvalue weighted by atomic mass is 10.1. The standard InChI is InChI=1S/C21H18N2O3/c24-21(16-26-18-9-6-12-22-15-18)23-13-3-4-14-25-20-11-5-8-17-7-1-2-10-19(17)20/h1-2,5-12,15H,13-14,16H2,(H,23,24). The molecule has 26 heavy (non-hydrogen) atoms. The minimum Gasteiger partial charge on any atom is -0.482 e. The molecule has 0 aliphatic rings. The minimum absolute atomic E-state index is 0.0696. The second-order valence-corrected chi connectivity index (χ2v) is 5.37. The summed E-state index contributed by atoms with van der Waals surface area (Å²) in [5.74, 6) is 6.86. The number of carbonyl (C=O) groups excluding carboxylic acids is 1. The number of hydrogen-bond acceptors (Lipinski definition) is 4. The molecule has 0 fully saturated rings. The van der Waals surface area contributed by atoms with Gasteiger partial charge in [0, 0.05) is 11.6 Å². The third-order valence-electron chi connectivity index (χ3n) is 3.55. The van der Waals surface area contributed by atoms with E-state index >= 15 is 0 Å². The first kappa shape index (κ1) is 17.3. The maximum atomic E-state index is 11.7. The van der Waals surface area contributed by atoms with Crippen LogP contribution in [0.25, 0.3) is 10.8 Å². The fourth-order valence-corrected chi connectivity index (χ4v) is 2.32. The number of nitrogens with zero attached hydrogens (tertiary/aromatic N) is 1. The summed E-state index contributed by atoms with van der Waals surface area (Å²) in [7, 11) is 0. The fourth-order valence-electron chi connectivity index (χ4n) is 2.32. The molecule has 130 valence electrons. The van der Waals surface area contributed by atoms with E-state index in [1.165, 1.54) is 0 Å². The van der Waals surface area contributed by atoms with Crippen LogP contribution in [0.5, 0.6) is 11.5 Å². The number of benzene rings is 2. The van der Waals surface area contributed by atoms with E-state index in [1.54, 1.807) is 24.5 Å². The highest BCUT2D eigenvalue weighted by molar-refractivity contribution is 5.88. The molecular formula is C21H18N2O3. The van der Waals surface area contributed by atoms with E-state index in [9.17, 15) is 4.79 Å². The number of amides is 1. The van der Waals surface area contributed by atoms with E-state index in [0.29, 0.717) is 5.75 Å². The van der Waals surface area contributed by atoms with Gasteiger partial charge in [-0.1, -0.05) is 48.2 Å². The topological polar surface area (TPSA) is 60.5 Å². The first-order valence-corrected chi connectivity index (χ1v) is 8.19. The van der Waals surface area contributed by atoms with Crippen LogP contribution in [0.4, 0.5) is 0 Å². The van der Waals surface area contributed by atoms with Crippen molar-refractivity contribution in [3.8, 4) is 23.3 Å². The Balaban J connectivity index is 1.39. The van der Waals surface area contributed by atoms with Gasteiger partial charge < -0.3 is 14.8 Å². The third kappa shape index (κ3) is 4.99. The Kier molecular flexibility index (Phi) is 6.05. The van der Waals surface area contributed by atoms with Gasteiger partial charge in [0.2, 0.25) is 0 Å². The molecule has 0 aliphatic carbocycles. The van der Waals surface area contributed by atoms with Crippen molar-refractivity contribution in [2.24, 2.45) is 0 Å². The second-order valence-electron chi connectivity index (χ2n) is 5.37. The Labute approximate surface area is 152 Å². The van der Waals surface area contributed by atoms with Gasteiger partial charge in [-0.15, -0.1) is 0 Å². The number of hydrogen-bond donors (Lipinski definition) is 1. The van der Waals surface area contributed by atoms with E-state index in [4.69, 9.17) is 9.47 Å². The second kappa shape index (κ2) is 9.09. The summed E-state index contributed by atoms with van der Waals surface area (Å²) in [6.45, 7) is 0.435. The summed E-state index contributed by atoms with van der Waals surface area (Å²) in [6, 6.07) is 17.4. The molecule has 0 bridgehead atoms. The number of nitrogens with one attached hydrogen (secondary N) is 1. The van der Waals surface area contributed by atoms with Crippen LogP contribution in [0, 0.1) is 11.8 Å². The molecule has 1 N–H and O–H groups in total. The number of carbonyl (C=O) groups is 1. The summed E-state index contributed by atoms with van der Waals surface area (Å²) < 4.78 is 11.0. The quantitative estimate of drug-likeness (QED) is 0.697. The van der Waals surface area contributed by atoms with Gasteiger partial charge in [-0.2, -0.15) is 0 Å². The molecule has 5 heteroatoms. The molecule has 1 aromatic heterocycles. The molecule has 1 amide bonds. The van der Waals surface area contributed by atoms with E-state index in [1.807, 2.05) is 42.5 Å². The van der Waals surface area contributed by atoms with Gasteiger partial charge in [0.1, 0.15) is 18.1 Å². The summed E-state index contributed by atoms with van der Waals surface area (Å²) in [5.41, 5.74) is 0. The van der Waals surface area contributed by atoms with Crippen LogP contribution in [0.3, 0.4) is 0 Å². The largest absolute Gasteiger partial charge is 0.482 e. The highest BCUT2D eigenvalue weighted by Gasteiger charge is 2.01. The average Bonchev–Trinajstić information content (AvgIpc) is 2.70. The summed E-state index contributed by atoms with van der Waals surface area (Å²) in [4.78, 5) is 15.6.